The third-order valence-corrected chi connectivity index (χ3v) is 5.34. The smallest absolute Gasteiger partial charge is 0.00680 e. The molecule has 118 valence electrons. The predicted molar refractivity (Wildman–Crippen MR) is 87.1 cm³/mol. The number of piperidine rings is 1. The fraction of sp³-hybridized carbons (Fsp3) is 1.00. The number of likely N-dealkylation sites (tertiary alicyclic amines) is 2. The summed E-state index contributed by atoms with van der Waals surface area (Å²) in [5.41, 5.74) is 0. The van der Waals surface area contributed by atoms with Gasteiger partial charge in [-0.25, -0.2) is 0 Å². The quantitative estimate of drug-likeness (QED) is 0.773. The Labute approximate surface area is 126 Å². The summed E-state index contributed by atoms with van der Waals surface area (Å²) >= 11 is 0. The third-order valence-electron chi connectivity index (χ3n) is 5.34. The number of hydrogen-bond acceptors (Lipinski definition) is 3. The highest BCUT2D eigenvalue weighted by Crippen LogP contribution is 2.20. The molecule has 0 aliphatic carbocycles. The van der Waals surface area contributed by atoms with Crippen molar-refractivity contribution in [3.05, 3.63) is 0 Å². The second-order valence-corrected chi connectivity index (χ2v) is 7.08. The Bertz CT molecular complexity index is 255. The molecule has 2 fully saturated rings. The number of hydrogen-bond donors (Lipinski definition) is 1. The molecule has 0 amide bonds. The molecule has 2 rings (SSSR count). The summed E-state index contributed by atoms with van der Waals surface area (Å²) in [5, 5.41) is 3.81. The van der Waals surface area contributed by atoms with E-state index in [2.05, 4.69) is 35.9 Å². The van der Waals surface area contributed by atoms with Crippen molar-refractivity contribution in [2.75, 3.05) is 45.8 Å². The SMILES string of the molecule is CCN1CCC(C(C)NCC(C)CN2CCCC2)CC1. The lowest BCUT2D eigenvalue weighted by Crippen LogP contribution is -2.43. The molecule has 1 N–H and O–H groups in total. The average molecular weight is 281 g/mol. The second-order valence-electron chi connectivity index (χ2n) is 7.08. The van der Waals surface area contributed by atoms with Crippen molar-refractivity contribution in [1.29, 1.82) is 0 Å². The fourth-order valence-electron chi connectivity index (χ4n) is 3.79. The summed E-state index contributed by atoms with van der Waals surface area (Å²) in [6.45, 7) is 16.0. The van der Waals surface area contributed by atoms with Crippen LogP contribution in [0, 0.1) is 11.8 Å². The molecular weight excluding hydrogens is 246 g/mol. The third kappa shape index (κ3) is 5.01. The minimum absolute atomic E-state index is 0.690. The van der Waals surface area contributed by atoms with E-state index in [0.29, 0.717) is 6.04 Å². The Morgan fingerprint density at radius 3 is 2.25 bits per heavy atom. The van der Waals surface area contributed by atoms with Crippen molar-refractivity contribution in [1.82, 2.24) is 15.1 Å². The van der Waals surface area contributed by atoms with E-state index in [4.69, 9.17) is 0 Å². The van der Waals surface area contributed by atoms with Gasteiger partial charge in [0.2, 0.25) is 0 Å². The molecule has 2 unspecified atom stereocenters. The van der Waals surface area contributed by atoms with Crippen LogP contribution in [0.5, 0.6) is 0 Å². The normalized spacial score (nSPS) is 25.9. The molecule has 0 bridgehead atoms. The van der Waals surface area contributed by atoms with Crippen molar-refractivity contribution >= 4 is 0 Å². The molecule has 2 saturated heterocycles. The topological polar surface area (TPSA) is 18.5 Å². The lowest BCUT2D eigenvalue weighted by Gasteiger charge is -2.35. The van der Waals surface area contributed by atoms with Crippen molar-refractivity contribution in [3.63, 3.8) is 0 Å². The molecule has 2 atom stereocenters. The Morgan fingerprint density at radius 2 is 1.65 bits per heavy atom. The average Bonchev–Trinajstić information content (AvgIpc) is 2.97. The zero-order chi connectivity index (χ0) is 14.4. The molecule has 2 aliphatic heterocycles. The van der Waals surface area contributed by atoms with Gasteiger partial charge >= 0.3 is 0 Å². The Kier molecular flexibility index (Phi) is 6.79. The monoisotopic (exact) mass is 281 g/mol. The van der Waals surface area contributed by atoms with Gasteiger partial charge in [0.25, 0.3) is 0 Å². The van der Waals surface area contributed by atoms with Crippen LogP contribution in [0.1, 0.15) is 46.5 Å². The first-order chi connectivity index (χ1) is 9.69. The van der Waals surface area contributed by atoms with Gasteiger partial charge in [-0.05, 0) is 83.7 Å². The molecule has 3 nitrogen and oxygen atoms in total. The highest BCUT2D eigenvalue weighted by molar-refractivity contribution is 4.80. The van der Waals surface area contributed by atoms with E-state index in [9.17, 15) is 0 Å². The maximum atomic E-state index is 3.81. The maximum absolute atomic E-state index is 3.81. The highest BCUT2D eigenvalue weighted by atomic mass is 15.1. The summed E-state index contributed by atoms with van der Waals surface area (Å²) < 4.78 is 0. The van der Waals surface area contributed by atoms with Gasteiger partial charge < -0.3 is 15.1 Å². The van der Waals surface area contributed by atoms with E-state index in [1.807, 2.05) is 0 Å². The number of rotatable bonds is 7. The Hall–Kier alpha value is -0.120. The first-order valence-corrected chi connectivity index (χ1v) is 8.87. The first-order valence-electron chi connectivity index (χ1n) is 8.87. The minimum atomic E-state index is 0.690. The highest BCUT2D eigenvalue weighted by Gasteiger charge is 2.23. The van der Waals surface area contributed by atoms with Gasteiger partial charge in [0.1, 0.15) is 0 Å². The van der Waals surface area contributed by atoms with E-state index in [1.165, 1.54) is 71.5 Å². The molecule has 0 saturated carbocycles. The van der Waals surface area contributed by atoms with Gasteiger partial charge in [0.05, 0.1) is 0 Å². The standard InChI is InChI=1S/C17H35N3/c1-4-19-11-7-17(8-12-19)16(3)18-13-15(2)14-20-9-5-6-10-20/h15-18H,4-14H2,1-3H3. The molecule has 0 aromatic heterocycles. The van der Waals surface area contributed by atoms with E-state index in [1.54, 1.807) is 0 Å². The molecular formula is C17H35N3. The van der Waals surface area contributed by atoms with Crippen molar-refractivity contribution in [3.8, 4) is 0 Å². The summed E-state index contributed by atoms with van der Waals surface area (Å²) in [6.07, 6.45) is 5.57. The molecule has 0 aromatic rings. The van der Waals surface area contributed by atoms with Gasteiger partial charge in [-0.2, -0.15) is 0 Å². The molecule has 2 aliphatic rings. The molecule has 0 aromatic carbocycles. The van der Waals surface area contributed by atoms with Gasteiger partial charge in [-0.15, -0.1) is 0 Å². The second kappa shape index (κ2) is 8.35. The Balaban J connectivity index is 1.60. The van der Waals surface area contributed by atoms with Gasteiger partial charge in [-0.1, -0.05) is 13.8 Å². The zero-order valence-corrected chi connectivity index (χ0v) is 13.9. The summed E-state index contributed by atoms with van der Waals surface area (Å²) in [7, 11) is 0. The van der Waals surface area contributed by atoms with E-state index in [0.717, 1.165) is 11.8 Å². The van der Waals surface area contributed by atoms with Gasteiger partial charge in [0, 0.05) is 12.6 Å². The molecule has 2 heterocycles. The van der Waals surface area contributed by atoms with Crippen LogP contribution in [0.15, 0.2) is 0 Å². The summed E-state index contributed by atoms with van der Waals surface area (Å²) in [5.74, 6) is 1.67. The molecule has 20 heavy (non-hydrogen) atoms. The van der Waals surface area contributed by atoms with Gasteiger partial charge in [-0.3, -0.25) is 0 Å². The summed E-state index contributed by atoms with van der Waals surface area (Å²) in [6, 6.07) is 0.690. The fourth-order valence-corrected chi connectivity index (χ4v) is 3.79. The molecule has 0 radical (unpaired) electrons. The molecule has 3 heteroatoms. The molecule has 0 spiro atoms. The Morgan fingerprint density at radius 1 is 1.00 bits per heavy atom. The summed E-state index contributed by atoms with van der Waals surface area (Å²) in [4.78, 5) is 5.22. The van der Waals surface area contributed by atoms with Crippen LogP contribution in [-0.4, -0.2) is 61.7 Å². The van der Waals surface area contributed by atoms with Crippen LogP contribution in [0.25, 0.3) is 0 Å². The lowest BCUT2D eigenvalue weighted by atomic mass is 9.90. The van der Waals surface area contributed by atoms with Crippen molar-refractivity contribution in [2.24, 2.45) is 11.8 Å². The van der Waals surface area contributed by atoms with Crippen molar-refractivity contribution in [2.45, 2.75) is 52.5 Å². The predicted octanol–water partition coefficient (Wildman–Crippen LogP) is 2.43. The van der Waals surface area contributed by atoms with Gasteiger partial charge in [0.15, 0.2) is 0 Å². The van der Waals surface area contributed by atoms with Crippen LogP contribution >= 0.6 is 0 Å². The maximum Gasteiger partial charge on any atom is 0.00680 e. The van der Waals surface area contributed by atoms with Crippen LogP contribution in [0.3, 0.4) is 0 Å². The van der Waals surface area contributed by atoms with Crippen molar-refractivity contribution < 1.29 is 0 Å². The lowest BCUT2D eigenvalue weighted by molar-refractivity contribution is 0.165. The first kappa shape index (κ1) is 16.3. The van der Waals surface area contributed by atoms with Crippen LogP contribution < -0.4 is 5.32 Å². The van der Waals surface area contributed by atoms with E-state index >= 15 is 0 Å². The van der Waals surface area contributed by atoms with E-state index in [-0.39, 0.29) is 0 Å². The number of nitrogens with one attached hydrogen (secondary N) is 1. The zero-order valence-electron chi connectivity index (χ0n) is 13.9. The van der Waals surface area contributed by atoms with Crippen LogP contribution in [0.4, 0.5) is 0 Å². The largest absolute Gasteiger partial charge is 0.314 e. The van der Waals surface area contributed by atoms with Crippen LogP contribution in [0.2, 0.25) is 0 Å². The van der Waals surface area contributed by atoms with Crippen LogP contribution in [-0.2, 0) is 0 Å². The van der Waals surface area contributed by atoms with E-state index < -0.39 is 0 Å². The number of nitrogens with zero attached hydrogens (tertiary/aromatic N) is 2. The minimum Gasteiger partial charge on any atom is -0.314 e.